The van der Waals surface area contributed by atoms with Crippen LogP contribution in [0.25, 0.3) is 21.8 Å². The summed E-state index contributed by atoms with van der Waals surface area (Å²) in [7, 11) is -3.24. The molecule has 0 radical (unpaired) electrons. The van der Waals surface area contributed by atoms with Crippen LogP contribution < -0.4 is 4.90 Å². The van der Waals surface area contributed by atoms with Crippen molar-refractivity contribution in [1.29, 1.82) is 5.26 Å². The van der Waals surface area contributed by atoms with E-state index in [1.165, 1.54) is 29.8 Å². The Kier molecular flexibility index (Phi) is 9.31. The standard InChI is InChI=1S/C37H45F3N8O2S/c1-25(45-13-14-48(26(2)19-45)51(4,49)50)20-47-30(18-41)16-31-27(3)29(6-8-34(31)47)21-44-11-9-36(10-12-44)22-46(23-36)35-32-15-28(17-37(38,39)40)5-7-33(32)42-24-43-35/h5-8,15-16,24-26H,9-14,17,19-23H2,1-4H3/t25-,26+/m0/s1. The predicted octanol–water partition coefficient (Wildman–Crippen LogP) is 5.33. The van der Waals surface area contributed by atoms with Gasteiger partial charge < -0.3 is 9.47 Å². The van der Waals surface area contributed by atoms with Gasteiger partial charge in [-0.1, -0.05) is 12.1 Å². The summed E-state index contributed by atoms with van der Waals surface area (Å²) in [4.78, 5) is 15.8. The zero-order chi connectivity index (χ0) is 36.3. The minimum absolute atomic E-state index is 0.104. The molecule has 3 saturated heterocycles. The van der Waals surface area contributed by atoms with E-state index in [9.17, 15) is 26.9 Å². The Morgan fingerprint density at radius 1 is 1.04 bits per heavy atom. The molecule has 3 fully saturated rings. The van der Waals surface area contributed by atoms with Crippen molar-refractivity contribution >= 4 is 37.6 Å². The fourth-order valence-corrected chi connectivity index (χ4v) is 9.70. The van der Waals surface area contributed by atoms with Crippen LogP contribution >= 0.6 is 0 Å². The maximum Gasteiger partial charge on any atom is 0.393 e. The number of benzene rings is 2. The van der Waals surface area contributed by atoms with Gasteiger partial charge in [-0.3, -0.25) is 9.80 Å². The number of halogens is 3. The van der Waals surface area contributed by atoms with Gasteiger partial charge in [-0.25, -0.2) is 18.4 Å². The molecule has 4 aromatic rings. The van der Waals surface area contributed by atoms with Crippen LogP contribution in [0.3, 0.4) is 0 Å². The normalized spacial score (nSPS) is 21.3. The van der Waals surface area contributed by atoms with E-state index in [1.807, 2.05) is 13.0 Å². The molecule has 0 aliphatic carbocycles. The summed E-state index contributed by atoms with van der Waals surface area (Å²) in [5, 5.41) is 11.8. The number of anilines is 1. The average Bonchev–Trinajstić information content (AvgIpc) is 3.41. The maximum atomic E-state index is 13.1. The maximum absolute atomic E-state index is 13.1. The van der Waals surface area contributed by atoms with Crippen molar-refractivity contribution in [2.75, 3.05) is 57.0 Å². The molecule has 1 spiro atoms. The summed E-state index contributed by atoms with van der Waals surface area (Å²) < 4.78 is 67.2. The van der Waals surface area contributed by atoms with Crippen molar-refractivity contribution in [2.45, 2.75) is 71.4 Å². The molecular weight excluding hydrogens is 678 g/mol. The first-order valence-corrected chi connectivity index (χ1v) is 19.5. The third kappa shape index (κ3) is 7.18. The molecule has 0 bridgehead atoms. The minimum atomic E-state index is -4.27. The van der Waals surface area contributed by atoms with Gasteiger partial charge in [0.25, 0.3) is 0 Å². The highest BCUT2D eigenvalue weighted by molar-refractivity contribution is 7.88. The van der Waals surface area contributed by atoms with E-state index >= 15 is 0 Å². The number of nitrogens with zero attached hydrogens (tertiary/aromatic N) is 8. The number of likely N-dealkylation sites (tertiary alicyclic amines) is 1. The van der Waals surface area contributed by atoms with Gasteiger partial charge in [0, 0.05) is 79.6 Å². The summed E-state index contributed by atoms with van der Waals surface area (Å²) in [5.41, 5.74) is 5.13. The molecule has 2 atom stereocenters. The minimum Gasteiger partial charge on any atom is -0.355 e. The molecule has 7 rings (SSSR count). The van der Waals surface area contributed by atoms with Crippen molar-refractivity contribution in [1.82, 2.24) is 28.6 Å². The third-order valence-electron chi connectivity index (χ3n) is 11.4. The quantitative estimate of drug-likeness (QED) is 0.241. The largest absolute Gasteiger partial charge is 0.393 e. The lowest BCUT2D eigenvalue weighted by molar-refractivity contribution is -0.127. The number of rotatable bonds is 8. The molecule has 0 N–H and O–H groups in total. The molecule has 2 aromatic heterocycles. The van der Waals surface area contributed by atoms with Gasteiger partial charge in [0.05, 0.1) is 18.2 Å². The van der Waals surface area contributed by atoms with Gasteiger partial charge in [-0.2, -0.15) is 22.7 Å². The number of sulfonamides is 1. The number of hydrogen-bond acceptors (Lipinski definition) is 8. The number of nitriles is 1. The lowest BCUT2D eigenvalue weighted by Gasteiger charge is -2.54. The van der Waals surface area contributed by atoms with Crippen LogP contribution in [0.1, 0.15) is 49.1 Å². The molecule has 51 heavy (non-hydrogen) atoms. The van der Waals surface area contributed by atoms with Crippen LogP contribution in [0.15, 0.2) is 42.7 Å². The first-order valence-electron chi connectivity index (χ1n) is 17.6. The molecule has 10 nitrogen and oxygen atoms in total. The van der Waals surface area contributed by atoms with Crippen molar-refractivity contribution in [2.24, 2.45) is 5.41 Å². The van der Waals surface area contributed by atoms with E-state index in [-0.39, 0.29) is 23.1 Å². The van der Waals surface area contributed by atoms with Crippen molar-refractivity contribution in [3.05, 3.63) is 65.1 Å². The Morgan fingerprint density at radius 3 is 2.45 bits per heavy atom. The van der Waals surface area contributed by atoms with Gasteiger partial charge in [-0.05, 0) is 87.7 Å². The van der Waals surface area contributed by atoms with Gasteiger partial charge in [-0.15, -0.1) is 0 Å². The zero-order valence-corrected chi connectivity index (χ0v) is 30.4. The molecule has 5 heterocycles. The van der Waals surface area contributed by atoms with Gasteiger partial charge in [0.15, 0.2) is 0 Å². The molecule has 3 aliphatic rings. The molecule has 14 heteroatoms. The molecule has 3 aliphatic heterocycles. The number of aryl methyl sites for hydroxylation is 1. The van der Waals surface area contributed by atoms with Crippen LogP contribution in [-0.4, -0.2) is 107 Å². The molecule has 2 aromatic carbocycles. The van der Waals surface area contributed by atoms with E-state index in [0.29, 0.717) is 48.6 Å². The molecule has 0 unspecified atom stereocenters. The summed E-state index contributed by atoms with van der Waals surface area (Å²) in [5.74, 6) is 0.711. The monoisotopic (exact) mass is 722 g/mol. The van der Waals surface area contributed by atoms with Gasteiger partial charge >= 0.3 is 6.18 Å². The summed E-state index contributed by atoms with van der Waals surface area (Å²) in [6.07, 6.45) is -0.404. The van der Waals surface area contributed by atoms with E-state index in [0.717, 1.165) is 56.5 Å². The molecule has 0 amide bonds. The van der Waals surface area contributed by atoms with Crippen LogP contribution in [0.4, 0.5) is 19.0 Å². The van der Waals surface area contributed by atoms with Crippen molar-refractivity contribution in [3.63, 3.8) is 0 Å². The number of hydrogen-bond donors (Lipinski definition) is 0. The van der Waals surface area contributed by atoms with Crippen LogP contribution in [0.5, 0.6) is 0 Å². The summed E-state index contributed by atoms with van der Waals surface area (Å²) in [6, 6.07) is 13.5. The Hall–Kier alpha value is -3.77. The number of piperazine rings is 1. The van der Waals surface area contributed by atoms with E-state index in [1.54, 1.807) is 16.4 Å². The first kappa shape index (κ1) is 35.6. The number of aromatic nitrogens is 3. The predicted molar refractivity (Wildman–Crippen MR) is 192 cm³/mol. The zero-order valence-electron chi connectivity index (χ0n) is 29.6. The van der Waals surface area contributed by atoms with Gasteiger partial charge in [0.1, 0.15) is 23.9 Å². The summed E-state index contributed by atoms with van der Waals surface area (Å²) in [6.45, 7) is 13.0. The Labute approximate surface area is 297 Å². The highest BCUT2D eigenvalue weighted by Gasteiger charge is 2.46. The fourth-order valence-electron chi connectivity index (χ4n) is 8.56. The van der Waals surface area contributed by atoms with E-state index in [2.05, 4.69) is 61.3 Å². The Bertz CT molecular complexity index is 2090. The number of fused-ring (bicyclic) bond motifs is 2. The van der Waals surface area contributed by atoms with Gasteiger partial charge in [0.2, 0.25) is 10.0 Å². The summed E-state index contributed by atoms with van der Waals surface area (Å²) >= 11 is 0. The second-order valence-corrected chi connectivity index (χ2v) is 17.0. The number of alkyl halides is 3. The van der Waals surface area contributed by atoms with Crippen molar-refractivity contribution in [3.8, 4) is 6.07 Å². The number of piperidine rings is 1. The topological polar surface area (TPSA) is 102 Å². The highest BCUT2D eigenvalue weighted by atomic mass is 32.2. The lowest BCUT2D eigenvalue weighted by atomic mass is 9.72. The van der Waals surface area contributed by atoms with Crippen LogP contribution in [-0.2, 0) is 29.5 Å². The lowest BCUT2D eigenvalue weighted by Crippen LogP contribution is -2.60. The second kappa shape index (κ2) is 13.3. The molecule has 272 valence electrons. The third-order valence-corrected chi connectivity index (χ3v) is 12.8. The van der Waals surface area contributed by atoms with Crippen molar-refractivity contribution < 1.29 is 21.6 Å². The highest BCUT2D eigenvalue weighted by Crippen LogP contribution is 2.44. The average molecular weight is 723 g/mol. The molecule has 0 saturated carbocycles. The molecular formula is C37H45F3N8O2S. The Balaban J connectivity index is 0.986. The first-order chi connectivity index (χ1) is 24.1. The fraction of sp³-hybridized carbons (Fsp3) is 0.541. The SMILES string of the molecule is Cc1c(CN2CCC3(CC2)CN(c2ncnc4ccc(CC(F)(F)F)cc24)C3)ccc2c1cc(C#N)n2C[C@H](C)N1CCN(S(C)(=O)=O)[C@H](C)C1. The van der Waals surface area contributed by atoms with Crippen LogP contribution in [0.2, 0.25) is 0 Å². The van der Waals surface area contributed by atoms with Crippen LogP contribution in [0, 0.1) is 23.7 Å². The Morgan fingerprint density at radius 2 is 1.78 bits per heavy atom. The van der Waals surface area contributed by atoms with E-state index < -0.39 is 22.6 Å². The second-order valence-electron chi connectivity index (χ2n) is 15.1. The van der Waals surface area contributed by atoms with E-state index in [4.69, 9.17) is 0 Å². The smallest absolute Gasteiger partial charge is 0.355 e.